The van der Waals surface area contributed by atoms with Gasteiger partial charge >= 0.3 is 18.2 Å². The maximum absolute atomic E-state index is 13.8. The number of rotatable bonds is 5. The third kappa shape index (κ3) is 6.82. The van der Waals surface area contributed by atoms with E-state index in [1.807, 2.05) is 18.2 Å². The van der Waals surface area contributed by atoms with Gasteiger partial charge < -0.3 is 19.9 Å². The van der Waals surface area contributed by atoms with Crippen molar-refractivity contribution in [2.24, 2.45) is 0 Å². The number of hydrogen-bond acceptors (Lipinski definition) is 6. The van der Waals surface area contributed by atoms with Gasteiger partial charge in [-0.25, -0.2) is 19.6 Å². The summed E-state index contributed by atoms with van der Waals surface area (Å²) in [5.74, 6) is -0.958. The van der Waals surface area contributed by atoms with Crippen molar-refractivity contribution in [2.45, 2.75) is 46.0 Å². The van der Waals surface area contributed by atoms with E-state index in [9.17, 15) is 27.6 Å². The molecule has 1 saturated heterocycles. The number of nitrogens with zero attached hydrogens (tertiary/aromatic N) is 4. The Kier molecular flexibility index (Phi) is 8.60. The van der Waals surface area contributed by atoms with Crippen LogP contribution in [-0.2, 0) is 10.9 Å². The number of anilines is 1. The summed E-state index contributed by atoms with van der Waals surface area (Å²) in [6.07, 6.45) is -4.97. The van der Waals surface area contributed by atoms with Gasteiger partial charge in [0.05, 0.1) is 17.4 Å². The number of esters is 1. The molecule has 1 fully saturated rings. The molecule has 0 bridgehead atoms. The summed E-state index contributed by atoms with van der Waals surface area (Å²) < 4.78 is 44.6. The summed E-state index contributed by atoms with van der Waals surface area (Å²) in [7, 11) is 0. The lowest BCUT2D eigenvalue weighted by molar-refractivity contribution is -0.137. The topological polar surface area (TPSA) is 105 Å². The number of carbonyl (C=O) groups is 3. The van der Waals surface area contributed by atoms with Crippen LogP contribution in [-0.4, -0.2) is 69.5 Å². The SMILES string of the molecule is Cc1nc(-c2ccccc2)nc(C(=O)N2CCN(C(=O)Nc3cccc(C(F)(F)F)c3)C(C)C2)c1C(=O)OC(C)C. The Bertz CT molecular complexity index is 1450. The predicted octanol–water partition coefficient (Wildman–Crippen LogP) is 5.41. The van der Waals surface area contributed by atoms with Gasteiger partial charge in [-0.05, 0) is 45.9 Å². The average Bonchev–Trinajstić information content (AvgIpc) is 2.91. The van der Waals surface area contributed by atoms with Crippen LogP contribution >= 0.6 is 0 Å². The first-order chi connectivity index (χ1) is 19.3. The maximum Gasteiger partial charge on any atom is 0.416 e. The largest absolute Gasteiger partial charge is 0.459 e. The average molecular weight is 570 g/mol. The standard InChI is InChI=1S/C29H30F3N5O4/c1-17(2)41-27(39)23-19(4)33-25(20-9-6-5-7-10-20)35-24(23)26(38)36-13-14-37(18(3)16-36)28(40)34-22-12-8-11-21(15-22)29(30,31)32/h5-12,15,17-18H,13-14,16H2,1-4H3,(H,34,40). The molecule has 0 spiro atoms. The van der Waals surface area contributed by atoms with E-state index in [2.05, 4.69) is 15.3 Å². The number of amides is 3. The molecule has 1 unspecified atom stereocenters. The van der Waals surface area contributed by atoms with Gasteiger partial charge in [0.15, 0.2) is 5.82 Å². The Labute approximate surface area is 235 Å². The molecule has 1 aliphatic heterocycles. The molecule has 1 N–H and O–H groups in total. The summed E-state index contributed by atoms with van der Waals surface area (Å²) in [6, 6.07) is 12.3. The quantitative estimate of drug-likeness (QED) is 0.412. The molecule has 1 aromatic heterocycles. The number of alkyl halides is 3. The van der Waals surface area contributed by atoms with Crippen molar-refractivity contribution in [3.63, 3.8) is 0 Å². The van der Waals surface area contributed by atoms with Gasteiger partial charge in [-0.1, -0.05) is 36.4 Å². The molecule has 0 aliphatic carbocycles. The van der Waals surface area contributed by atoms with E-state index in [1.165, 1.54) is 21.9 Å². The molecule has 41 heavy (non-hydrogen) atoms. The number of piperazine rings is 1. The van der Waals surface area contributed by atoms with E-state index in [1.54, 1.807) is 39.8 Å². The minimum atomic E-state index is -4.54. The summed E-state index contributed by atoms with van der Waals surface area (Å²) in [6.45, 7) is 7.05. The molecule has 0 saturated carbocycles. The van der Waals surface area contributed by atoms with Crippen LogP contribution in [0, 0.1) is 6.92 Å². The van der Waals surface area contributed by atoms with Gasteiger partial charge in [0, 0.05) is 36.9 Å². The molecule has 9 nitrogen and oxygen atoms in total. The number of halogens is 3. The van der Waals surface area contributed by atoms with Crippen LogP contribution in [0.2, 0.25) is 0 Å². The maximum atomic E-state index is 13.8. The normalized spacial score (nSPS) is 15.6. The molecule has 4 rings (SSSR count). The minimum absolute atomic E-state index is 0.00809. The van der Waals surface area contributed by atoms with Crippen molar-refractivity contribution < 1.29 is 32.3 Å². The third-order valence-corrected chi connectivity index (χ3v) is 6.49. The number of urea groups is 1. The lowest BCUT2D eigenvalue weighted by Crippen LogP contribution is -2.56. The van der Waals surface area contributed by atoms with Gasteiger partial charge in [0.2, 0.25) is 0 Å². The minimum Gasteiger partial charge on any atom is -0.459 e. The van der Waals surface area contributed by atoms with Crippen molar-refractivity contribution in [1.29, 1.82) is 0 Å². The Morgan fingerprint density at radius 1 is 1.02 bits per heavy atom. The molecule has 216 valence electrons. The molecule has 0 radical (unpaired) electrons. The highest BCUT2D eigenvalue weighted by Gasteiger charge is 2.35. The molecular formula is C29H30F3N5O4. The lowest BCUT2D eigenvalue weighted by atomic mass is 10.1. The molecular weight excluding hydrogens is 539 g/mol. The summed E-state index contributed by atoms with van der Waals surface area (Å²) in [4.78, 5) is 51.6. The van der Waals surface area contributed by atoms with Gasteiger partial charge in [-0.2, -0.15) is 13.2 Å². The second kappa shape index (κ2) is 11.9. The molecule has 2 heterocycles. The summed E-state index contributed by atoms with van der Waals surface area (Å²) in [5, 5.41) is 2.51. The van der Waals surface area contributed by atoms with Crippen molar-refractivity contribution >= 4 is 23.6 Å². The van der Waals surface area contributed by atoms with Crippen LogP contribution in [0.4, 0.5) is 23.7 Å². The molecule has 3 aromatic rings. The highest BCUT2D eigenvalue weighted by atomic mass is 19.4. The van der Waals surface area contributed by atoms with Crippen LogP contribution in [0.3, 0.4) is 0 Å². The van der Waals surface area contributed by atoms with Crippen molar-refractivity contribution in [3.05, 3.63) is 77.1 Å². The van der Waals surface area contributed by atoms with Gasteiger partial charge in [0.1, 0.15) is 11.3 Å². The summed E-state index contributed by atoms with van der Waals surface area (Å²) in [5.41, 5.74) is -0.0379. The Hall–Kier alpha value is -4.48. The van der Waals surface area contributed by atoms with Crippen LogP contribution in [0.15, 0.2) is 54.6 Å². The van der Waals surface area contributed by atoms with Gasteiger partial charge in [-0.15, -0.1) is 0 Å². The number of aromatic nitrogens is 2. The van der Waals surface area contributed by atoms with Crippen molar-refractivity contribution in [2.75, 3.05) is 25.0 Å². The number of nitrogens with one attached hydrogen (secondary N) is 1. The predicted molar refractivity (Wildman–Crippen MR) is 145 cm³/mol. The zero-order chi connectivity index (χ0) is 29.9. The van der Waals surface area contributed by atoms with Gasteiger partial charge in [0.25, 0.3) is 5.91 Å². The van der Waals surface area contributed by atoms with E-state index < -0.39 is 41.8 Å². The van der Waals surface area contributed by atoms with Crippen LogP contribution in [0.25, 0.3) is 11.4 Å². The zero-order valence-electron chi connectivity index (χ0n) is 23.0. The highest BCUT2D eigenvalue weighted by molar-refractivity contribution is 6.05. The molecule has 1 aliphatic rings. The van der Waals surface area contributed by atoms with Crippen LogP contribution < -0.4 is 5.32 Å². The molecule has 3 amide bonds. The van der Waals surface area contributed by atoms with Crippen molar-refractivity contribution in [1.82, 2.24) is 19.8 Å². The first-order valence-electron chi connectivity index (χ1n) is 13.0. The van der Waals surface area contributed by atoms with Crippen LogP contribution in [0.5, 0.6) is 0 Å². The smallest absolute Gasteiger partial charge is 0.416 e. The Morgan fingerprint density at radius 3 is 2.37 bits per heavy atom. The van der Waals surface area contributed by atoms with E-state index >= 15 is 0 Å². The second-order valence-electron chi connectivity index (χ2n) is 9.98. The first-order valence-corrected chi connectivity index (χ1v) is 13.0. The molecule has 1 atom stereocenters. The fraction of sp³-hybridized carbons (Fsp3) is 0.345. The van der Waals surface area contributed by atoms with E-state index in [-0.39, 0.29) is 42.4 Å². The van der Waals surface area contributed by atoms with E-state index in [0.717, 1.165) is 12.1 Å². The fourth-order valence-corrected chi connectivity index (χ4v) is 4.52. The molecule has 12 heteroatoms. The lowest BCUT2D eigenvalue weighted by Gasteiger charge is -2.39. The fourth-order valence-electron chi connectivity index (χ4n) is 4.52. The van der Waals surface area contributed by atoms with E-state index in [4.69, 9.17) is 4.74 Å². The zero-order valence-corrected chi connectivity index (χ0v) is 23.0. The summed E-state index contributed by atoms with van der Waals surface area (Å²) >= 11 is 0. The highest BCUT2D eigenvalue weighted by Crippen LogP contribution is 2.31. The number of hydrogen-bond donors (Lipinski definition) is 1. The number of ether oxygens (including phenoxy) is 1. The van der Waals surface area contributed by atoms with Crippen molar-refractivity contribution in [3.8, 4) is 11.4 Å². The Balaban J connectivity index is 1.56. The number of benzene rings is 2. The van der Waals surface area contributed by atoms with E-state index in [0.29, 0.717) is 11.3 Å². The second-order valence-corrected chi connectivity index (χ2v) is 9.98. The monoisotopic (exact) mass is 569 g/mol. The first kappa shape index (κ1) is 29.5. The Morgan fingerprint density at radius 2 is 1.73 bits per heavy atom. The van der Waals surface area contributed by atoms with Gasteiger partial charge in [-0.3, -0.25) is 4.79 Å². The third-order valence-electron chi connectivity index (χ3n) is 6.49. The number of carbonyl (C=O) groups excluding carboxylic acids is 3. The molecule has 2 aromatic carbocycles. The number of aryl methyl sites for hydroxylation is 1. The van der Waals surface area contributed by atoms with Crippen LogP contribution in [0.1, 0.15) is 52.9 Å².